The van der Waals surface area contributed by atoms with Crippen molar-refractivity contribution in [1.82, 2.24) is 0 Å². The lowest BCUT2D eigenvalue weighted by atomic mass is 10.0. The van der Waals surface area contributed by atoms with E-state index in [-0.39, 0.29) is 11.9 Å². The molecule has 0 amide bonds. The van der Waals surface area contributed by atoms with Gasteiger partial charge in [0.1, 0.15) is 0 Å². The fraction of sp³-hybridized carbons (Fsp3) is 0.953. The molecule has 0 saturated heterocycles. The Morgan fingerprint density at radius 1 is 0.491 bits per heavy atom. The molecular formula is C43H87NO8S. The van der Waals surface area contributed by atoms with Gasteiger partial charge >= 0.3 is 11.9 Å². The van der Waals surface area contributed by atoms with Crippen LogP contribution in [0.15, 0.2) is 0 Å². The largest absolute Gasteiger partial charge is 0.726 e. The molecule has 0 radical (unpaired) electrons. The Bertz CT molecular complexity index is 948. The normalized spacial score (nSPS) is 13.1. The minimum absolute atomic E-state index is 0.179. The average Bonchev–Trinajstić information content (AvgIpc) is 3.06. The lowest BCUT2D eigenvalue weighted by molar-refractivity contribution is -0.920. The van der Waals surface area contributed by atoms with Crippen molar-refractivity contribution in [2.75, 3.05) is 28.3 Å². The molecular weight excluding hydrogens is 691 g/mol. The van der Waals surface area contributed by atoms with Crippen LogP contribution in [0, 0.1) is 11.8 Å². The number of carbonyl (C=O) groups excluding carboxylic acids is 2. The van der Waals surface area contributed by atoms with Gasteiger partial charge in [-0.2, -0.15) is 0 Å². The molecule has 0 aliphatic carbocycles. The highest BCUT2D eigenvalue weighted by molar-refractivity contribution is 7.80. The number of rotatable bonds is 35. The Kier molecular flexibility index (Phi) is 35.8. The maximum absolute atomic E-state index is 12.7. The number of hydrogen-bond acceptors (Lipinski definition) is 8. The van der Waals surface area contributed by atoms with Gasteiger partial charge in [-0.25, -0.2) is 8.42 Å². The van der Waals surface area contributed by atoms with E-state index >= 15 is 0 Å². The number of unbranched alkanes of at least 4 members (excludes halogenated alkanes) is 22. The molecule has 0 aromatic rings. The summed E-state index contributed by atoms with van der Waals surface area (Å²) < 4.78 is 43.1. The number of esters is 2. The van der Waals surface area contributed by atoms with Gasteiger partial charge in [-0.15, -0.1) is 0 Å². The van der Waals surface area contributed by atoms with E-state index in [1.807, 2.05) is 28.1 Å². The number of hydrogen-bond donors (Lipinski definition) is 0. The lowest BCUT2D eigenvalue weighted by Gasteiger charge is -2.36. The van der Waals surface area contributed by atoms with Crippen LogP contribution in [0.2, 0.25) is 0 Å². The van der Waals surface area contributed by atoms with Crippen molar-refractivity contribution in [2.24, 2.45) is 11.8 Å². The minimum Gasteiger partial charge on any atom is -0.726 e. The second-order valence-electron chi connectivity index (χ2n) is 17.1. The molecule has 0 fully saturated rings. The highest BCUT2D eigenvalue weighted by atomic mass is 32.3. The smallest absolute Gasteiger partial charge is 0.310 e. The van der Waals surface area contributed by atoms with Crippen LogP contribution in [-0.4, -0.2) is 70.0 Å². The van der Waals surface area contributed by atoms with Crippen LogP contribution in [0.25, 0.3) is 0 Å². The van der Waals surface area contributed by atoms with Gasteiger partial charge in [0.15, 0.2) is 6.10 Å². The number of carbonyl (C=O) groups is 2. The van der Waals surface area contributed by atoms with Gasteiger partial charge in [-0.1, -0.05) is 182 Å². The number of likely N-dealkylation sites (N-methyl/N-ethyl adjacent to an activating group) is 1. The van der Waals surface area contributed by atoms with Gasteiger partial charge in [0.2, 0.25) is 10.4 Å². The quantitative estimate of drug-likeness (QED) is 0.0156. The highest BCUT2D eigenvalue weighted by Crippen LogP contribution is 2.19. The molecule has 0 spiro atoms. The zero-order valence-electron chi connectivity index (χ0n) is 36.2. The zero-order chi connectivity index (χ0) is 40.4. The van der Waals surface area contributed by atoms with Crippen molar-refractivity contribution in [3.63, 3.8) is 0 Å². The van der Waals surface area contributed by atoms with Gasteiger partial charge in [-0.3, -0.25) is 18.3 Å². The van der Waals surface area contributed by atoms with Crippen LogP contribution in [0.1, 0.15) is 214 Å². The summed E-state index contributed by atoms with van der Waals surface area (Å²) in [7, 11) is 2.36. The predicted molar refractivity (Wildman–Crippen MR) is 219 cm³/mol. The van der Waals surface area contributed by atoms with E-state index in [1.54, 1.807) is 0 Å². The summed E-state index contributed by atoms with van der Waals surface area (Å²) in [6.07, 6.45) is 33.4. The summed E-state index contributed by atoms with van der Waals surface area (Å²) in [5.41, 5.74) is 0. The molecule has 0 aliphatic rings. The van der Waals surface area contributed by atoms with Gasteiger partial charge < -0.3 is 14.0 Å². The summed E-state index contributed by atoms with van der Waals surface area (Å²) in [6.45, 7) is 11.1. The second kappa shape index (κ2) is 35.2. The van der Waals surface area contributed by atoms with Gasteiger partial charge in [0.05, 0.1) is 28.3 Å². The first kappa shape index (κ1) is 53.9. The minimum atomic E-state index is -4.41. The Balaban J connectivity index is 0. The molecule has 0 aliphatic heterocycles. The number of quaternary nitrogens is 1. The third kappa shape index (κ3) is 41.8. The zero-order valence-corrected chi connectivity index (χ0v) is 37.0. The molecule has 318 valence electrons. The molecule has 9 nitrogen and oxygen atoms in total. The van der Waals surface area contributed by atoms with Crippen LogP contribution in [0.5, 0.6) is 0 Å². The van der Waals surface area contributed by atoms with Crippen LogP contribution in [0.4, 0.5) is 0 Å². The van der Waals surface area contributed by atoms with E-state index in [1.165, 1.54) is 141 Å². The molecule has 0 rings (SSSR count). The second-order valence-corrected chi connectivity index (χ2v) is 18.3. The molecule has 0 heterocycles. The summed E-state index contributed by atoms with van der Waals surface area (Å²) in [5.74, 6) is 1.33. The molecule has 0 aromatic heterocycles. The van der Waals surface area contributed by atoms with Crippen molar-refractivity contribution < 1.29 is 40.7 Å². The van der Waals surface area contributed by atoms with E-state index in [9.17, 15) is 22.6 Å². The molecule has 0 N–H and O–H groups in total. The SMILES string of the molecule is CC(C)CCCCCCCCCCCCCCC(=O)OC(C)C(OC(=O)CCCCCCCCCCCCCCC(C)C)[N+](C)(C)C.COS(=O)(=O)[O-]. The summed E-state index contributed by atoms with van der Waals surface area (Å²) in [6, 6.07) is 0. The Hall–Kier alpha value is -1.23. The number of nitrogens with zero attached hydrogens (tertiary/aromatic N) is 1. The van der Waals surface area contributed by atoms with Crippen LogP contribution < -0.4 is 0 Å². The first-order valence-electron chi connectivity index (χ1n) is 21.7. The molecule has 2 unspecified atom stereocenters. The topological polar surface area (TPSA) is 119 Å². The van der Waals surface area contributed by atoms with E-state index in [0.29, 0.717) is 17.3 Å². The van der Waals surface area contributed by atoms with E-state index in [4.69, 9.17) is 9.47 Å². The van der Waals surface area contributed by atoms with Crippen molar-refractivity contribution in [3.05, 3.63) is 0 Å². The van der Waals surface area contributed by atoms with Crippen molar-refractivity contribution in [3.8, 4) is 0 Å². The van der Waals surface area contributed by atoms with Crippen LogP contribution >= 0.6 is 0 Å². The van der Waals surface area contributed by atoms with E-state index in [0.717, 1.165) is 44.6 Å². The highest BCUT2D eigenvalue weighted by Gasteiger charge is 2.36. The maximum atomic E-state index is 12.7. The fourth-order valence-corrected chi connectivity index (χ4v) is 6.58. The van der Waals surface area contributed by atoms with Gasteiger partial charge in [0.25, 0.3) is 6.23 Å². The fourth-order valence-electron chi connectivity index (χ4n) is 6.58. The Morgan fingerprint density at radius 3 is 0.981 bits per heavy atom. The van der Waals surface area contributed by atoms with Crippen molar-refractivity contribution in [2.45, 2.75) is 227 Å². The maximum Gasteiger partial charge on any atom is 0.310 e. The summed E-state index contributed by atoms with van der Waals surface area (Å²) in [4.78, 5) is 25.2. The van der Waals surface area contributed by atoms with E-state index < -0.39 is 22.7 Å². The first-order valence-corrected chi connectivity index (χ1v) is 23.0. The average molecular weight is 778 g/mol. The van der Waals surface area contributed by atoms with E-state index in [2.05, 4.69) is 31.9 Å². The summed E-state index contributed by atoms with van der Waals surface area (Å²) >= 11 is 0. The third-order valence-electron chi connectivity index (χ3n) is 9.76. The van der Waals surface area contributed by atoms with Gasteiger partial charge in [-0.05, 0) is 31.6 Å². The molecule has 0 bridgehead atoms. The van der Waals surface area contributed by atoms with Crippen LogP contribution in [0.3, 0.4) is 0 Å². The molecule has 0 saturated carbocycles. The monoisotopic (exact) mass is 778 g/mol. The van der Waals surface area contributed by atoms with Gasteiger partial charge in [0, 0.05) is 12.8 Å². The third-order valence-corrected chi connectivity index (χ3v) is 10.2. The summed E-state index contributed by atoms with van der Waals surface area (Å²) in [5, 5.41) is 0. The standard InChI is InChI=1S/C42H84NO4.CH4O4S/c1-37(2)33-29-25-21-17-13-9-11-15-19-23-27-31-35-40(44)46-39(5)42(43(6,7)8)47-41(45)36-32-28-24-20-16-12-10-14-18-22-26-30-34-38(3)4;1-5-6(2,3)4/h37-39,42H,9-36H2,1-8H3;1H3,(H,2,3,4)/q+1;/p-1. The van der Waals surface area contributed by atoms with Crippen molar-refractivity contribution in [1.29, 1.82) is 0 Å². The molecule has 2 atom stereocenters. The number of ether oxygens (including phenoxy) is 2. The van der Waals surface area contributed by atoms with Crippen molar-refractivity contribution >= 4 is 22.3 Å². The first-order chi connectivity index (χ1) is 25.0. The lowest BCUT2D eigenvalue weighted by Crippen LogP contribution is -2.54. The Labute approximate surface area is 329 Å². The molecule has 0 aromatic carbocycles. The Morgan fingerprint density at radius 2 is 0.736 bits per heavy atom. The molecule has 53 heavy (non-hydrogen) atoms. The molecule has 10 heteroatoms. The van der Waals surface area contributed by atoms with Crippen LogP contribution in [-0.2, 0) is 33.6 Å². The predicted octanol–water partition coefficient (Wildman–Crippen LogP) is 11.8.